The molecule has 3 aromatic rings. The predicted molar refractivity (Wildman–Crippen MR) is 144 cm³/mol. The lowest BCUT2D eigenvalue weighted by Gasteiger charge is -2.35. The number of hydrogen-bond donors (Lipinski definition) is 0. The van der Waals surface area contributed by atoms with Crippen LogP contribution in [0.3, 0.4) is 0 Å². The molecule has 5 rings (SSSR count). The number of amides is 1. The molecule has 43 heavy (non-hydrogen) atoms. The molecule has 0 atom stereocenters. The van der Waals surface area contributed by atoms with Gasteiger partial charge in [0.25, 0.3) is 6.01 Å². The van der Waals surface area contributed by atoms with Crippen LogP contribution in [0.25, 0.3) is 0 Å². The van der Waals surface area contributed by atoms with Crippen molar-refractivity contribution in [3.8, 4) is 0 Å². The van der Waals surface area contributed by atoms with Crippen molar-refractivity contribution in [2.45, 2.75) is 44.5 Å². The van der Waals surface area contributed by atoms with Crippen molar-refractivity contribution < 1.29 is 40.3 Å². The molecule has 0 N–H and O–H groups in total. The van der Waals surface area contributed by atoms with Crippen molar-refractivity contribution in [2.75, 3.05) is 49.1 Å². The highest BCUT2D eigenvalue weighted by Crippen LogP contribution is 2.35. The highest BCUT2D eigenvalue weighted by Gasteiger charge is 2.42. The summed E-state index contributed by atoms with van der Waals surface area (Å²) in [5, 5.41) is 0. The van der Waals surface area contributed by atoms with Crippen molar-refractivity contribution >= 4 is 23.5 Å². The van der Waals surface area contributed by atoms with E-state index in [4.69, 9.17) is 4.42 Å². The van der Waals surface area contributed by atoms with Gasteiger partial charge in [-0.25, -0.2) is 4.98 Å². The van der Waals surface area contributed by atoms with E-state index >= 15 is 0 Å². The zero-order valence-corrected chi connectivity index (χ0v) is 23.0. The number of alkyl halides is 6. The average molecular weight is 610 g/mol. The molecular formula is C29H29F6N5O3. The number of nitrogens with zero attached hydrogens (tertiary/aromatic N) is 5. The van der Waals surface area contributed by atoms with Gasteiger partial charge in [0.05, 0.1) is 12.0 Å². The summed E-state index contributed by atoms with van der Waals surface area (Å²) in [6.07, 6.45) is -6.18. The number of piperazine rings is 1. The van der Waals surface area contributed by atoms with Gasteiger partial charge in [-0.1, -0.05) is 24.3 Å². The summed E-state index contributed by atoms with van der Waals surface area (Å²) in [5.74, 6) is -1.56. The Morgan fingerprint density at radius 3 is 2.12 bits per heavy atom. The van der Waals surface area contributed by atoms with Crippen LogP contribution in [0.2, 0.25) is 0 Å². The third-order valence-electron chi connectivity index (χ3n) is 7.56. The summed E-state index contributed by atoms with van der Waals surface area (Å²) in [4.78, 5) is 38.6. The minimum absolute atomic E-state index is 0.0790. The number of rotatable bonds is 7. The van der Waals surface area contributed by atoms with Crippen LogP contribution in [0.5, 0.6) is 0 Å². The molecule has 4 heterocycles. The number of carbonyl (C=O) groups is 2. The number of piperidine rings is 1. The number of halogens is 6. The van der Waals surface area contributed by atoms with Gasteiger partial charge in [0.1, 0.15) is 5.82 Å². The first-order valence-electron chi connectivity index (χ1n) is 13.9. The van der Waals surface area contributed by atoms with Gasteiger partial charge in [-0.2, -0.15) is 31.3 Å². The maximum absolute atomic E-state index is 13.7. The predicted octanol–water partition coefficient (Wildman–Crippen LogP) is 5.41. The molecule has 1 aromatic carbocycles. The van der Waals surface area contributed by atoms with E-state index in [1.807, 2.05) is 4.90 Å². The molecule has 2 fully saturated rings. The highest BCUT2D eigenvalue weighted by atomic mass is 19.4. The molecule has 0 spiro atoms. The summed E-state index contributed by atoms with van der Waals surface area (Å²) in [6, 6.07) is 8.01. The van der Waals surface area contributed by atoms with Crippen LogP contribution in [0, 0.1) is 0 Å². The molecule has 1 amide bonds. The molecule has 14 heteroatoms. The Hall–Kier alpha value is -4.10. The Bertz CT molecular complexity index is 1440. The van der Waals surface area contributed by atoms with Crippen LogP contribution in [-0.2, 0) is 30.0 Å². The second-order valence-electron chi connectivity index (χ2n) is 10.5. The van der Waals surface area contributed by atoms with E-state index in [-0.39, 0.29) is 37.5 Å². The second kappa shape index (κ2) is 12.3. The molecule has 2 aromatic heterocycles. The SMILES string of the molecule is O=C(Cc1ccc(N2CCN(C(=O)Cc3ccccc3C(F)(F)F)CC2)nc1)c1oc(N2CCCCC2)nc1C(F)(F)F. The Balaban J connectivity index is 1.19. The number of benzene rings is 1. The highest BCUT2D eigenvalue weighted by molar-refractivity contribution is 5.96. The minimum atomic E-state index is -4.85. The van der Waals surface area contributed by atoms with Crippen molar-refractivity contribution in [3.63, 3.8) is 0 Å². The lowest BCUT2D eigenvalue weighted by atomic mass is 10.0. The number of hydrogen-bond acceptors (Lipinski definition) is 7. The van der Waals surface area contributed by atoms with Gasteiger partial charge in [0, 0.05) is 51.9 Å². The van der Waals surface area contributed by atoms with E-state index in [2.05, 4.69) is 9.97 Å². The fraction of sp³-hybridized carbons (Fsp3) is 0.448. The van der Waals surface area contributed by atoms with Gasteiger partial charge >= 0.3 is 12.4 Å². The van der Waals surface area contributed by atoms with Crippen LogP contribution in [0.1, 0.15) is 52.2 Å². The third-order valence-corrected chi connectivity index (χ3v) is 7.56. The fourth-order valence-electron chi connectivity index (χ4n) is 5.30. The summed E-state index contributed by atoms with van der Waals surface area (Å²) in [6.45, 7) is 2.32. The normalized spacial score (nSPS) is 16.5. The molecule has 0 bridgehead atoms. The van der Waals surface area contributed by atoms with Gasteiger partial charge in [-0.05, 0) is 42.5 Å². The maximum Gasteiger partial charge on any atom is 0.437 e. The van der Waals surface area contributed by atoms with Crippen molar-refractivity contribution in [1.82, 2.24) is 14.9 Å². The van der Waals surface area contributed by atoms with Crippen LogP contribution in [-0.4, -0.2) is 65.8 Å². The van der Waals surface area contributed by atoms with Crippen molar-refractivity contribution in [3.05, 3.63) is 70.7 Å². The van der Waals surface area contributed by atoms with E-state index < -0.39 is 41.1 Å². The Morgan fingerprint density at radius 1 is 0.791 bits per heavy atom. The van der Waals surface area contributed by atoms with E-state index in [0.717, 1.165) is 25.3 Å². The fourth-order valence-corrected chi connectivity index (χ4v) is 5.30. The van der Waals surface area contributed by atoms with E-state index in [9.17, 15) is 35.9 Å². The van der Waals surface area contributed by atoms with Gasteiger partial charge in [-0.15, -0.1) is 0 Å². The molecule has 8 nitrogen and oxygen atoms in total. The number of pyridine rings is 1. The lowest BCUT2D eigenvalue weighted by Crippen LogP contribution is -2.49. The lowest BCUT2D eigenvalue weighted by molar-refractivity contribution is -0.141. The number of Topliss-reactive ketones (excluding diaryl/α,β-unsaturated/α-hetero) is 1. The monoisotopic (exact) mass is 609 g/mol. The van der Waals surface area contributed by atoms with Gasteiger partial charge in [-0.3, -0.25) is 9.59 Å². The van der Waals surface area contributed by atoms with E-state index in [0.29, 0.717) is 37.6 Å². The first-order chi connectivity index (χ1) is 20.4. The molecule has 0 saturated carbocycles. The zero-order valence-electron chi connectivity index (χ0n) is 23.0. The molecular weight excluding hydrogens is 580 g/mol. The van der Waals surface area contributed by atoms with Crippen LogP contribution >= 0.6 is 0 Å². The largest absolute Gasteiger partial charge is 0.437 e. The Morgan fingerprint density at radius 2 is 1.49 bits per heavy atom. The summed E-state index contributed by atoms with van der Waals surface area (Å²) in [5.41, 5.74) is -1.86. The van der Waals surface area contributed by atoms with Gasteiger partial charge in [0.2, 0.25) is 17.5 Å². The number of carbonyl (C=O) groups excluding carboxylic acids is 2. The van der Waals surface area contributed by atoms with E-state index in [1.165, 1.54) is 29.3 Å². The summed E-state index contributed by atoms with van der Waals surface area (Å²) in [7, 11) is 0. The number of anilines is 2. The first kappa shape index (κ1) is 30.4. The summed E-state index contributed by atoms with van der Waals surface area (Å²) >= 11 is 0. The zero-order chi connectivity index (χ0) is 30.8. The molecule has 2 saturated heterocycles. The Kier molecular flexibility index (Phi) is 8.65. The number of ketones is 1. The van der Waals surface area contributed by atoms with Crippen LogP contribution in [0.15, 0.2) is 47.0 Å². The minimum Gasteiger partial charge on any atom is -0.420 e. The van der Waals surface area contributed by atoms with Crippen molar-refractivity contribution in [2.24, 2.45) is 0 Å². The third kappa shape index (κ3) is 7.11. The van der Waals surface area contributed by atoms with Gasteiger partial charge < -0.3 is 19.1 Å². The number of oxazole rings is 1. The molecule has 2 aliphatic rings. The standard InChI is InChI=1S/C29H29F6N5O3/c30-28(31,32)21-7-3-2-6-20(21)17-24(42)39-14-12-38(13-15-39)23-9-8-19(18-36-23)16-22(41)25-26(29(33,34)35)37-27(43-25)40-10-4-1-5-11-40/h2-3,6-9,18H,1,4-5,10-17H2. The van der Waals surface area contributed by atoms with Crippen LogP contribution in [0.4, 0.5) is 38.2 Å². The summed E-state index contributed by atoms with van der Waals surface area (Å²) < 4.78 is 86.2. The first-order valence-corrected chi connectivity index (χ1v) is 13.9. The van der Waals surface area contributed by atoms with Gasteiger partial charge in [0.15, 0.2) is 5.69 Å². The molecule has 0 aliphatic carbocycles. The van der Waals surface area contributed by atoms with E-state index in [1.54, 1.807) is 17.0 Å². The maximum atomic E-state index is 13.7. The quantitative estimate of drug-likeness (QED) is 0.262. The Labute approximate surface area is 243 Å². The van der Waals surface area contributed by atoms with Crippen LogP contribution < -0.4 is 9.80 Å². The second-order valence-corrected chi connectivity index (χ2v) is 10.5. The van der Waals surface area contributed by atoms with Crippen molar-refractivity contribution in [1.29, 1.82) is 0 Å². The average Bonchev–Trinajstić information content (AvgIpc) is 3.45. The smallest absolute Gasteiger partial charge is 0.420 e. The topological polar surface area (TPSA) is 82.8 Å². The molecule has 2 aliphatic heterocycles. The molecule has 0 radical (unpaired) electrons. The molecule has 0 unspecified atom stereocenters. The molecule has 230 valence electrons. The number of aromatic nitrogens is 2.